The van der Waals surface area contributed by atoms with Crippen LogP contribution < -0.4 is 10.2 Å². The molecule has 3 rings (SSSR count). The van der Waals surface area contributed by atoms with E-state index < -0.39 is 11.7 Å². The summed E-state index contributed by atoms with van der Waals surface area (Å²) in [6, 6.07) is 9.53. The second kappa shape index (κ2) is 6.97. The summed E-state index contributed by atoms with van der Waals surface area (Å²) in [7, 11) is 0. The van der Waals surface area contributed by atoms with Gasteiger partial charge in [-0.2, -0.15) is 0 Å². The molecule has 1 saturated heterocycles. The molecular weight excluding hydrogens is 333 g/mol. The molecular formula is C17H15ClFN3O2. The molecule has 1 aromatic carbocycles. The van der Waals surface area contributed by atoms with E-state index in [1.807, 2.05) is 12.1 Å². The van der Waals surface area contributed by atoms with Crippen LogP contribution in [0.4, 0.5) is 10.1 Å². The molecule has 7 heteroatoms. The summed E-state index contributed by atoms with van der Waals surface area (Å²) < 4.78 is 13.2. The highest BCUT2D eigenvalue weighted by atomic mass is 35.5. The van der Waals surface area contributed by atoms with Crippen LogP contribution in [0, 0.1) is 11.7 Å². The van der Waals surface area contributed by atoms with Gasteiger partial charge in [-0.05, 0) is 30.3 Å². The Morgan fingerprint density at radius 1 is 1.38 bits per heavy atom. The van der Waals surface area contributed by atoms with Crippen molar-refractivity contribution < 1.29 is 14.0 Å². The van der Waals surface area contributed by atoms with Crippen LogP contribution in [0.1, 0.15) is 12.1 Å². The van der Waals surface area contributed by atoms with Gasteiger partial charge in [-0.1, -0.05) is 17.7 Å². The zero-order valence-electron chi connectivity index (χ0n) is 12.7. The summed E-state index contributed by atoms with van der Waals surface area (Å²) in [5.74, 6) is -1.39. The Balaban J connectivity index is 1.63. The monoisotopic (exact) mass is 347 g/mol. The number of hydrogen-bond donors (Lipinski definition) is 1. The smallest absolute Gasteiger partial charge is 0.227 e. The van der Waals surface area contributed by atoms with Gasteiger partial charge < -0.3 is 10.2 Å². The van der Waals surface area contributed by atoms with E-state index in [2.05, 4.69) is 10.3 Å². The van der Waals surface area contributed by atoms with Crippen LogP contribution in [0.5, 0.6) is 0 Å². The minimum absolute atomic E-state index is 0.0525. The summed E-state index contributed by atoms with van der Waals surface area (Å²) in [5, 5.41) is 2.74. The summed E-state index contributed by atoms with van der Waals surface area (Å²) >= 11 is 5.76. The lowest BCUT2D eigenvalue weighted by atomic mass is 10.1. The molecule has 1 aliphatic rings. The number of hydrogen-bond acceptors (Lipinski definition) is 3. The molecule has 1 aliphatic heterocycles. The topological polar surface area (TPSA) is 62.3 Å². The first-order valence-corrected chi connectivity index (χ1v) is 7.85. The number of aromatic nitrogens is 1. The van der Waals surface area contributed by atoms with Crippen LogP contribution in [0.2, 0.25) is 5.02 Å². The summed E-state index contributed by atoms with van der Waals surface area (Å²) in [6.45, 7) is 0.557. The van der Waals surface area contributed by atoms with Gasteiger partial charge in [0.05, 0.1) is 23.2 Å². The number of halogens is 2. The number of carbonyl (C=O) groups is 2. The lowest BCUT2D eigenvalue weighted by Crippen LogP contribution is -2.32. The largest absolute Gasteiger partial charge is 0.350 e. The maximum Gasteiger partial charge on any atom is 0.227 e. The molecule has 1 N–H and O–H groups in total. The molecule has 0 spiro atoms. The van der Waals surface area contributed by atoms with Gasteiger partial charge in [-0.25, -0.2) is 4.39 Å². The van der Waals surface area contributed by atoms with Gasteiger partial charge >= 0.3 is 0 Å². The fourth-order valence-electron chi connectivity index (χ4n) is 2.61. The van der Waals surface area contributed by atoms with Crippen molar-refractivity contribution in [3.05, 3.63) is 59.1 Å². The average molecular weight is 348 g/mol. The average Bonchev–Trinajstić information content (AvgIpc) is 2.98. The van der Waals surface area contributed by atoms with Crippen molar-refractivity contribution in [3.63, 3.8) is 0 Å². The van der Waals surface area contributed by atoms with Crippen molar-refractivity contribution in [2.24, 2.45) is 5.92 Å². The number of nitrogens with zero attached hydrogens (tertiary/aromatic N) is 2. The fraction of sp³-hybridized carbons (Fsp3) is 0.235. The van der Waals surface area contributed by atoms with Crippen LogP contribution in [-0.2, 0) is 16.1 Å². The van der Waals surface area contributed by atoms with E-state index in [-0.39, 0.29) is 29.8 Å². The minimum Gasteiger partial charge on any atom is -0.350 e. The molecule has 124 valence electrons. The molecule has 1 unspecified atom stereocenters. The van der Waals surface area contributed by atoms with Gasteiger partial charge in [0.2, 0.25) is 11.8 Å². The van der Waals surface area contributed by atoms with E-state index in [1.165, 1.54) is 23.1 Å². The Labute approximate surface area is 143 Å². The van der Waals surface area contributed by atoms with Gasteiger partial charge in [0, 0.05) is 24.8 Å². The lowest BCUT2D eigenvalue weighted by Gasteiger charge is -2.17. The molecule has 0 saturated carbocycles. The number of amides is 2. The number of nitrogens with one attached hydrogen (secondary N) is 1. The number of pyridine rings is 1. The third-order valence-corrected chi connectivity index (χ3v) is 4.17. The van der Waals surface area contributed by atoms with Gasteiger partial charge in [-0.15, -0.1) is 0 Å². The third-order valence-electron chi connectivity index (χ3n) is 3.88. The Kier molecular flexibility index (Phi) is 4.76. The minimum atomic E-state index is -0.545. The van der Waals surface area contributed by atoms with E-state index in [4.69, 9.17) is 11.6 Å². The summed E-state index contributed by atoms with van der Waals surface area (Å²) in [4.78, 5) is 30.0. The highest BCUT2D eigenvalue weighted by Gasteiger charge is 2.35. The highest BCUT2D eigenvalue weighted by Crippen LogP contribution is 2.28. The molecule has 1 atom stereocenters. The molecule has 0 bridgehead atoms. The second-order valence-electron chi connectivity index (χ2n) is 5.54. The quantitative estimate of drug-likeness (QED) is 0.924. The summed E-state index contributed by atoms with van der Waals surface area (Å²) in [5.41, 5.74) is 1.24. The van der Waals surface area contributed by atoms with Gasteiger partial charge in [0.15, 0.2) is 0 Å². The van der Waals surface area contributed by atoms with Gasteiger partial charge in [-0.3, -0.25) is 14.6 Å². The standard InChI is InChI=1S/C17H15ClFN3O2/c18-14-8-13(4-5-15(14)19)22-10-11(7-16(22)23)17(24)21-9-12-3-1-2-6-20-12/h1-6,8,11H,7,9-10H2,(H,21,24). The summed E-state index contributed by atoms with van der Waals surface area (Å²) in [6.07, 6.45) is 1.77. The predicted octanol–water partition coefficient (Wildman–Crippen LogP) is 2.54. The van der Waals surface area contributed by atoms with E-state index in [0.717, 1.165) is 5.69 Å². The van der Waals surface area contributed by atoms with Crippen LogP contribution in [0.15, 0.2) is 42.6 Å². The van der Waals surface area contributed by atoms with E-state index in [0.29, 0.717) is 12.2 Å². The molecule has 0 aliphatic carbocycles. The third kappa shape index (κ3) is 3.54. The van der Waals surface area contributed by atoms with Gasteiger partial charge in [0.25, 0.3) is 0 Å². The van der Waals surface area contributed by atoms with Crippen LogP contribution in [0.3, 0.4) is 0 Å². The lowest BCUT2D eigenvalue weighted by molar-refractivity contribution is -0.126. The van der Waals surface area contributed by atoms with Crippen molar-refractivity contribution in [3.8, 4) is 0 Å². The van der Waals surface area contributed by atoms with Crippen molar-refractivity contribution in [2.75, 3.05) is 11.4 Å². The Morgan fingerprint density at radius 2 is 2.21 bits per heavy atom. The Hall–Kier alpha value is -2.47. The molecule has 1 aromatic heterocycles. The highest BCUT2D eigenvalue weighted by molar-refractivity contribution is 6.31. The van der Waals surface area contributed by atoms with E-state index in [1.54, 1.807) is 12.3 Å². The molecule has 2 aromatic rings. The SMILES string of the molecule is O=C(NCc1ccccn1)C1CC(=O)N(c2ccc(F)c(Cl)c2)C1. The number of carbonyl (C=O) groups excluding carboxylic acids is 2. The maximum absolute atomic E-state index is 13.2. The zero-order valence-corrected chi connectivity index (χ0v) is 13.5. The zero-order chi connectivity index (χ0) is 17.1. The molecule has 24 heavy (non-hydrogen) atoms. The van der Waals surface area contributed by atoms with E-state index >= 15 is 0 Å². The van der Waals surface area contributed by atoms with Crippen molar-refractivity contribution in [2.45, 2.75) is 13.0 Å². The molecule has 1 fully saturated rings. The first-order chi connectivity index (χ1) is 11.5. The van der Waals surface area contributed by atoms with Gasteiger partial charge in [0.1, 0.15) is 5.82 Å². The van der Waals surface area contributed by atoms with Crippen molar-refractivity contribution in [1.29, 1.82) is 0 Å². The van der Waals surface area contributed by atoms with Crippen LogP contribution in [-0.4, -0.2) is 23.3 Å². The molecule has 0 radical (unpaired) electrons. The van der Waals surface area contributed by atoms with E-state index in [9.17, 15) is 14.0 Å². The Bertz CT molecular complexity index is 770. The van der Waals surface area contributed by atoms with Crippen molar-refractivity contribution >= 4 is 29.1 Å². The van der Waals surface area contributed by atoms with Crippen LogP contribution in [0.25, 0.3) is 0 Å². The number of anilines is 1. The number of rotatable bonds is 4. The Morgan fingerprint density at radius 3 is 2.92 bits per heavy atom. The predicted molar refractivity (Wildman–Crippen MR) is 88.0 cm³/mol. The van der Waals surface area contributed by atoms with Crippen molar-refractivity contribution in [1.82, 2.24) is 10.3 Å². The first-order valence-electron chi connectivity index (χ1n) is 7.47. The normalized spacial score (nSPS) is 17.2. The second-order valence-corrected chi connectivity index (χ2v) is 5.95. The molecule has 2 heterocycles. The fourth-order valence-corrected chi connectivity index (χ4v) is 2.79. The van der Waals surface area contributed by atoms with Crippen LogP contribution >= 0.6 is 11.6 Å². The molecule has 5 nitrogen and oxygen atoms in total. The first kappa shape index (κ1) is 16.4. The maximum atomic E-state index is 13.2. The number of benzene rings is 1. The molecule has 2 amide bonds.